The first-order valence-corrected chi connectivity index (χ1v) is 6.91. The minimum absolute atomic E-state index is 0.0776. The van der Waals surface area contributed by atoms with Gasteiger partial charge in [-0.1, -0.05) is 31.4 Å². The molecule has 2 rings (SSSR count). The zero-order chi connectivity index (χ0) is 14.9. The molecule has 0 spiro atoms. The number of aryl methyl sites for hydroxylation is 1. The highest BCUT2D eigenvalue weighted by Gasteiger charge is 2.12. The smallest absolute Gasteiger partial charge is 0.261 e. The van der Waals surface area contributed by atoms with Crippen LogP contribution in [0.1, 0.15) is 11.4 Å². The van der Waals surface area contributed by atoms with Crippen molar-refractivity contribution < 1.29 is 0 Å². The van der Waals surface area contributed by atoms with Gasteiger partial charge in [0, 0.05) is 17.1 Å². The van der Waals surface area contributed by atoms with E-state index in [1.165, 1.54) is 4.57 Å². The van der Waals surface area contributed by atoms with E-state index >= 15 is 0 Å². The summed E-state index contributed by atoms with van der Waals surface area (Å²) in [7, 11) is 1.71. The lowest BCUT2D eigenvalue weighted by molar-refractivity contribution is 0.823. The molecule has 102 valence electrons. The number of rotatable bonds is 3. The molecule has 2 aromatic rings. The zero-order valence-electron chi connectivity index (χ0n) is 11.5. The highest BCUT2D eigenvalue weighted by molar-refractivity contribution is 9.10. The molecule has 1 aromatic heterocycles. The Morgan fingerprint density at radius 1 is 1.40 bits per heavy atom. The highest BCUT2D eigenvalue weighted by Crippen LogP contribution is 2.24. The lowest BCUT2D eigenvalue weighted by Crippen LogP contribution is -2.22. The van der Waals surface area contributed by atoms with E-state index in [2.05, 4.69) is 34.1 Å². The predicted octanol–water partition coefficient (Wildman–Crippen LogP) is 3.76. The van der Waals surface area contributed by atoms with Crippen molar-refractivity contribution in [2.75, 3.05) is 0 Å². The van der Waals surface area contributed by atoms with Crippen LogP contribution >= 0.6 is 15.9 Å². The SMILES string of the molecule is C=C/C=C(\C=C)c1nc2c(Br)cc(C)cc2c(=O)n1C. The third kappa shape index (κ3) is 2.39. The van der Waals surface area contributed by atoms with Crippen LogP contribution in [0.3, 0.4) is 0 Å². The Labute approximate surface area is 126 Å². The van der Waals surface area contributed by atoms with Crippen LogP contribution in [-0.4, -0.2) is 9.55 Å². The minimum Gasteiger partial charge on any atom is -0.295 e. The second kappa shape index (κ2) is 5.59. The average molecular weight is 331 g/mol. The molecule has 0 saturated carbocycles. The van der Waals surface area contributed by atoms with Gasteiger partial charge in [-0.3, -0.25) is 9.36 Å². The van der Waals surface area contributed by atoms with Crippen molar-refractivity contribution in [1.29, 1.82) is 0 Å². The summed E-state index contributed by atoms with van der Waals surface area (Å²) in [5.41, 5.74) is 2.35. The Morgan fingerprint density at radius 3 is 2.70 bits per heavy atom. The lowest BCUT2D eigenvalue weighted by atomic mass is 10.1. The topological polar surface area (TPSA) is 34.9 Å². The lowest BCUT2D eigenvalue weighted by Gasteiger charge is -2.11. The van der Waals surface area contributed by atoms with Gasteiger partial charge in [0.05, 0.1) is 10.9 Å². The van der Waals surface area contributed by atoms with Crippen molar-refractivity contribution in [2.45, 2.75) is 6.92 Å². The van der Waals surface area contributed by atoms with Crippen molar-refractivity contribution in [2.24, 2.45) is 7.05 Å². The number of allylic oxidation sites excluding steroid dienone is 4. The first kappa shape index (κ1) is 14.5. The van der Waals surface area contributed by atoms with Gasteiger partial charge in [-0.05, 0) is 40.5 Å². The fourth-order valence-electron chi connectivity index (χ4n) is 2.09. The average Bonchev–Trinajstić information content (AvgIpc) is 2.41. The largest absolute Gasteiger partial charge is 0.295 e. The summed E-state index contributed by atoms with van der Waals surface area (Å²) in [4.78, 5) is 17.1. The second-order valence-electron chi connectivity index (χ2n) is 4.50. The fraction of sp³-hybridized carbons (Fsp3) is 0.125. The summed E-state index contributed by atoms with van der Waals surface area (Å²) in [5, 5.41) is 0.602. The Morgan fingerprint density at radius 2 is 2.10 bits per heavy atom. The molecule has 0 aliphatic rings. The van der Waals surface area contributed by atoms with Crippen LogP contribution in [0, 0.1) is 6.92 Å². The van der Waals surface area contributed by atoms with E-state index in [0.29, 0.717) is 16.7 Å². The Kier molecular flexibility index (Phi) is 4.04. The van der Waals surface area contributed by atoms with Crippen LogP contribution in [0.4, 0.5) is 0 Å². The first-order valence-electron chi connectivity index (χ1n) is 6.12. The molecule has 0 bridgehead atoms. The van der Waals surface area contributed by atoms with E-state index in [4.69, 9.17) is 0 Å². The van der Waals surface area contributed by atoms with E-state index in [1.807, 2.05) is 19.1 Å². The van der Waals surface area contributed by atoms with Crippen LogP contribution in [0.2, 0.25) is 0 Å². The maximum absolute atomic E-state index is 12.5. The molecular formula is C16H15BrN2O. The van der Waals surface area contributed by atoms with Crippen molar-refractivity contribution in [3.05, 3.63) is 69.7 Å². The van der Waals surface area contributed by atoms with Gasteiger partial charge in [-0.15, -0.1) is 0 Å². The molecular weight excluding hydrogens is 316 g/mol. The molecule has 0 atom stereocenters. The van der Waals surface area contributed by atoms with Gasteiger partial charge in [0.15, 0.2) is 0 Å². The van der Waals surface area contributed by atoms with Crippen molar-refractivity contribution in [3.8, 4) is 0 Å². The molecule has 0 N–H and O–H groups in total. The number of nitrogens with zero attached hydrogens (tertiary/aromatic N) is 2. The molecule has 1 aromatic carbocycles. The summed E-state index contributed by atoms with van der Waals surface area (Å²) in [5.74, 6) is 0.571. The number of fused-ring (bicyclic) bond motifs is 1. The third-order valence-electron chi connectivity index (χ3n) is 3.05. The van der Waals surface area contributed by atoms with Crippen molar-refractivity contribution in [3.63, 3.8) is 0 Å². The maximum atomic E-state index is 12.5. The normalized spacial score (nSPS) is 11.7. The predicted molar refractivity (Wildman–Crippen MR) is 87.8 cm³/mol. The summed E-state index contributed by atoms with van der Waals surface area (Å²) >= 11 is 3.47. The van der Waals surface area contributed by atoms with Gasteiger partial charge in [-0.2, -0.15) is 0 Å². The molecule has 4 heteroatoms. The molecule has 0 aliphatic carbocycles. The van der Waals surface area contributed by atoms with E-state index in [9.17, 15) is 4.79 Å². The molecule has 0 unspecified atom stereocenters. The van der Waals surface area contributed by atoms with E-state index in [1.54, 1.807) is 25.3 Å². The van der Waals surface area contributed by atoms with Gasteiger partial charge < -0.3 is 0 Å². The van der Waals surface area contributed by atoms with Crippen LogP contribution in [-0.2, 0) is 7.05 Å². The number of halogens is 1. The van der Waals surface area contributed by atoms with Gasteiger partial charge in [0.2, 0.25) is 0 Å². The Hall–Kier alpha value is -1.94. The first-order chi connectivity index (χ1) is 9.49. The monoisotopic (exact) mass is 330 g/mol. The molecule has 0 aliphatic heterocycles. The molecule has 1 heterocycles. The molecule has 0 saturated heterocycles. The number of aromatic nitrogens is 2. The van der Waals surface area contributed by atoms with Crippen LogP contribution < -0.4 is 5.56 Å². The summed E-state index contributed by atoms with van der Waals surface area (Å²) in [6.45, 7) is 9.38. The van der Waals surface area contributed by atoms with Crippen LogP contribution in [0.25, 0.3) is 16.5 Å². The summed E-state index contributed by atoms with van der Waals surface area (Å²) < 4.78 is 2.35. The van der Waals surface area contributed by atoms with Crippen LogP contribution in [0.15, 0.2) is 52.8 Å². The summed E-state index contributed by atoms with van der Waals surface area (Å²) in [6.07, 6.45) is 5.09. The third-order valence-corrected chi connectivity index (χ3v) is 3.66. The Bertz CT molecular complexity index is 800. The van der Waals surface area contributed by atoms with Gasteiger partial charge in [0.1, 0.15) is 5.82 Å². The zero-order valence-corrected chi connectivity index (χ0v) is 13.1. The second-order valence-corrected chi connectivity index (χ2v) is 5.36. The molecule has 0 radical (unpaired) electrons. The molecule has 0 amide bonds. The maximum Gasteiger partial charge on any atom is 0.261 e. The van der Waals surface area contributed by atoms with E-state index in [0.717, 1.165) is 15.6 Å². The minimum atomic E-state index is -0.0776. The molecule has 0 fully saturated rings. The van der Waals surface area contributed by atoms with Gasteiger partial charge >= 0.3 is 0 Å². The van der Waals surface area contributed by atoms with Crippen molar-refractivity contribution >= 4 is 32.4 Å². The Balaban J connectivity index is 2.93. The number of hydrogen-bond donors (Lipinski definition) is 0. The highest BCUT2D eigenvalue weighted by atomic mass is 79.9. The fourth-order valence-corrected chi connectivity index (χ4v) is 2.75. The molecule has 3 nitrogen and oxygen atoms in total. The standard InChI is InChI=1S/C16H15BrN2O/c1-5-7-11(6-2)15-18-14-12(16(20)19(15)4)8-10(3)9-13(14)17/h5-9H,1-2H2,3-4H3/b11-7+. The van der Waals surface area contributed by atoms with Crippen molar-refractivity contribution in [1.82, 2.24) is 9.55 Å². The molecule has 20 heavy (non-hydrogen) atoms. The van der Waals surface area contributed by atoms with E-state index < -0.39 is 0 Å². The van der Waals surface area contributed by atoms with Crippen LogP contribution in [0.5, 0.6) is 0 Å². The van der Waals surface area contributed by atoms with Gasteiger partial charge in [0.25, 0.3) is 5.56 Å². The van der Waals surface area contributed by atoms with Gasteiger partial charge in [-0.25, -0.2) is 4.98 Å². The quantitative estimate of drug-likeness (QED) is 0.803. The number of hydrogen-bond acceptors (Lipinski definition) is 2. The number of benzene rings is 1. The van der Waals surface area contributed by atoms with E-state index in [-0.39, 0.29) is 5.56 Å². The summed E-state index contributed by atoms with van der Waals surface area (Å²) in [6, 6.07) is 3.80.